The van der Waals surface area contributed by atoms with Gasteiger partial charge in [-0.2, -0.15) is 0 Å². The maximum atomic E-state index is 13.9. The van der Waals surface area contributed by atoms with Crippen molar-refractivity contribution in [3.63, 3.8) is 0 Å². The molecule has 0 amide bonds. The van der Waals surface area contributed by atoms with E-state index in [9.17, 15) is 12.8 Å². The molecule has 2 aromatic heterocycles. The minimum Gasteiger partial charge on any atom is -0.497 e. The van der Waals surface area contributed by atoms with Crippen molar-refractivity contribution in [2.75, 3.05) is 7.11 Å². The van der Waals surface area contributed by atoms with Crippen molar-refractivity contribution in [2.45, 2.75) is 11.4 Å². The van der Waals surface area contributed by atoms with Gasteiger partial charge in [0.25, 0.3) is 0 Å². The zero-order chi connectivity index (χ0) is 19.4. The lowest BCUT2D eigenvalue weighted by molar-refractivity contribution is 0.413. The van der Waals surface area contributed by atoms with Crippen LogP contribution in [0.4, 0.5) is 4.39 Å². The number of ether oxygens (including phenoxy) is 1. The molecule has 1 N–H and O–H groups in total. The first kappa shape index (κ1) is 19.2. The molecule has 0 radical (unpaired) electrons. The molecule has 9 heteroatoms. The number of methoxy groups -OCH3 is 1. The molecular weight excluding hydrogens is 393 g/mol. The van der Waals surface area contributed by atoms with Crippen LogP contribution in [0.1, 0.15) is 5.69 Å². The van der Waals surface area contributed by atoms with E-state index >= 15 is 0 Å². The van der Waals surface area contributed by atoms with Gasteiger partial charge in [0.15, 0.2) is 0 Å². The highest BCUT2D eigenvalue weighted by Gasteiger charge is 2.20. The first-order chi connectivity index (χ1) is 12.9. The third-order valence-corrected chi connectivity index (χ3v) is 5.29. The van der Waals surface area contributed by atoms with Gasteiger partial charge in [-0.05, 0) is 30.3 Å². The SMILES string of the molecule is COc1cc(CNS(=O)(=O)c2cc(Cl)ccc2F)nc(-c2ccccn2)c1. The number of pyridine rings is 2. The average molecular weight is 408 g/mol. The summed E-state index contributed by atoms with van der Waals surface area (Å²) in [6, 6.07) is 12.0. The molecule has 0 aliphatic carbocycles. The van der Waals surface area contributed by atoms with E-state index in [-0.39, 0.29) is 11.6 Å². The highest BCUT2D eigenvalue weighted by molar-refractivity contribution is 7.89. The first-order valence-corrected chi connectivity index (χ1v) is 9.66. The van der Waals surface area contributed by atoms with E-state index in [1.807, 2.05) is 6.07 Å². The van der Waals surface area contributed by atoms with Gasteiger partial charge in [-0.3, -0.25) is 4.98 Å². The Bertz CT molecular complexity index is 1060. The molecule has 0 fully saturated rings. The average Bonchev–Trinajstić information content (AvgIpc) is 2.68. The van der Waals surface area contributed by atoms with Gasteiger partial charge in [0.05, 0.1) is 30.7 Å². The van der Waals surface area contributed by atoms with Crippen LogP contribution < -0.4 is 9.46 Å². The molecular formula is C18H15ClFN3O3S. The molecule has 0 atom stereocenters. The Kier molecular flexibility index (Phi) is 5.69. The van der Waals surface area contributed by atoms with Gasteiger partial charge in [0, 0.05) is 23.4 Å². The van der Waals surface area contributed by atoms with E-state index in [1.165, 1.54) is 13.2 Å². The van der Waals surface area contributed by atoms with Crippen LogP contribution in [0.3, 0.4) is 0 Å². The molecule has 27 heavy (non-hydrogen) atoms. The van der Waals surface area contributed by atoms with E-state index in [0.717, 1.165) is 12.1 Å². The molecule has 0 spiro atoms. The molecule has 0 saturated heterocycles. The quantitative estimate of drug-likeness (QED) is 0.677. The van der Waals surface area contributed by atoms with E-state index in [1.54, 1.807) is 30.5 Å². The predicted molar refractivity (Wildman–Crippen MR) is 99.5 cm³/mol. The fourth-order valence-electron chi connectivity index (χ4n) is 2.34. The molecule has 140 valence electrons. The molecule has 3 rings (SSSR count). The number of aromatic nitrogens is 2. The zero-order valence-electron chi connectivity index (χ0n) is 14.2. The van der Waals surface area contributed by atoms with Gasteiger partial charge >= 0.3 is 0 Å². The molecule has 0 aliphatic heterocycles. The maximum Gasteiger partial charge on any atom is 0.243 e. The summed E-state index contributed by atoms with van der Waals surface area (Å²) in [6.07, 6.45) is 1.63. The Balaban J connectivity index is 1.88. The van der Waals surface area contributed by atoms with Crippen molar-refractivity contribution in [1.82, 2.24) is 14.7 Å². The zero-order valence-corrected chi connectivity index (χ0v) is 15.8. The van der Waals surface area contributed by atoms with Crippen molar-refractivity contribution >= 4 is 21.6 Å². The maximum absolute atomic E-state index is 13.9. The molecule has 0 saturated carbocycles. The Hall–Kier alpha value is -2.55. The largest absolute Gasteiger partial charge is 0.497 e. The summed E-state index contributed by atoms with van der Waals surface area (Å²) < 4.78 is 46.3. The predicted octanol–water partition coefficient (Wildman–Crippen LogP) is 3.42. The van der Waals surface area contributed by atoms with Crippen LogP contribution in [0.2, 0.25) is 5.02 Å². The second-order valence-electron chi connectivity index (χ2n) is 5.50. The molecule has 0 bridgehead atoms. The van der Waals surface area contributed by atoms with Gasteiger partial charge in [-0.1, -0.05) is 17.7 Å². The summed E-state index contributed by atoms with van der Waals surface area (Å²) in [4.78, 5) is 8.10. The Labute approximate surface area is 161 Å². The molecule has 3 aromatic rings. The second kappa shape index (κ2) is 7.99. The van der Waals surface area contributed by atoms with E-state index < -0.39 is 20.7 Å². The number of rotatable bonds is 6. The summed E-state index contributed by atoms with van der Waals surface area (Å²) in [6.45, 7) is -0.161. The minimum absolute atomic E-state index is 0.119. The summed E-state index contributed by atoms with van der Waals surface area (Å²) in [5.74, 6) is -0.395. The molecule has 0 unspecified atom stereocenters. The number of benzene rings is 1. The lowest BCUT2D eigenvalue weighted by Crippen LogP contribution is -2.24. The van der Waals surface area contributed by atoms with Crippen LogP contribution in [-0.2, 0) is 16.6 Å². The van der Waals surface area contributed by atoms with Crippen molar-refractivity contribution in [1.29, 1.82) is 0 Å². The first-order valence-electron chi connectivity index (χ1n) is 7.80. The Morgan fingerprint density at radius 2 is 1.96 bits per heavy atom. The molecule has 1 aromatic carbocycles. The van der Waals surface area contributed by atoms with Crippen LogP contribution in [-0.4, -0.2) is 25.5 Å². The Morgan fingerprint density at radius 1 is 1.15 bits per heavy atom. The number of nitrogens with one attached hydrogen (secondary N) is 1. The highest BCUT2D eigenvalue weighted by Crippen LogP contribution is 2.23. The number of sulfonamides is 1. The number of nitrogens with zero attached hydrogens (tertiary/aromatic N) is 2. The number of hydrogen-bond donors (Lipinski definition) is 1. The molecule has 2 heterocycles. The van der Waals surface area contributed by atoms with Crippen LogP contribution in [0.25, 0.3) is 11.4 Å². The van der Waals surface area contributed by atoms with Crippen molar-refractivity contribution in [3.05, 3.63) is 71.3 Å². The lowest BCUT2D eigenvalue weighted by atomic mass is 10.2. The smallest absolute Gasteiger partial charge is 0.243 e. The minimum atomic E-state index is -4.11. The lowest BCUT2D eigenvalue weighted by Gasteiger charge is -2.10. The van der Waals surface area contributed by atoms with Gasteiger partial charge in [-0.15, -0.1) is 0 Å². The summed E-state index contributed by atoms with van der Waals surface area (Å²) in [7, 11) is -2.62. The van der Waals surface area contributed by atoms with E-state index in [2.05, 4.69) is 14.7 Å². The van der Waals surface area contributed by atoms with Gasteiger partial charge in [-0.25, -0.2) is 22.5 Å². The van der Waals surface area contributed by atoms with Gasteiger partial charge < -0.3 is 4.74 Å². The highest BCUT2D eigenvalue weighted by atomic mass is 35.5. The third-order valence-electron chi connectivity index (χ3n) is 3.64. The fraction of sp³-hybridized carbons (Fsp3) is 0.111. The monoisotopic (exact) mass is 407 g/mol. The second-order valence-corrected chi connectivity index (χ2v) is 7.67. The van der Waals surface area contributed by atoms with Gasteiger partial charge in [0.2, 0.25) is 10.0 Å². The van der Waals surface area contributed by atoms with Crippen LogP contribution in [0.5, 0.6) is 5.75 Å². The third kappa shape index (κ3) is 4.60. The van der Waals surface area contributed by atoms with E-state index in [4.69, 9.17) is 16.3 Å². The summed E-state index contributed by atoms with van der Waals surface area (Å²) in [5.41, 5.74) is 1.53. The summed E-state index contributed by atoms with van der Waals surface area (Å²) in [5, 5.41) is 0.119. The van der Waals surface area contributed by atoms with Crippen LogP contribution in [0, 0.1) is 5.82 Å². The fourth-order valence-corrected chi connectivity index (χ4v) is 3.68. The van der Waals surface area contributed by atoms with Crippen molar-refractivity contribution in [2.24, 2.45) is 0 Å². The molecule has 6 nitrogen and oxygen atoms in total. The number of hydrogen-bond acceptors (Lipinski definition) is 5. The normalized spacial score (nSPS) is 11.4. The van der Waals surface area contributed by atoms with Gasteiger partial charge in [0.1, 0.15) is 16.5 Å². The van der Waals surface area contributed by atoms with E-state index in [0.29, 0.717) is 22.8 Å². The van der Waals surface area contributed by atoms with Crippen molar-refractivity contribution < 1.29 is 17.5 Å². The standard InChI is InChI=1S/C18H15ClFN3O3S/c1-26-14-9-13(23-17(10-14)16-4-2-3-7-21-16)11-22-27(24,25)18-8-12(19)5-6-15(18)20/h2-10,22H,11H2,1H3. The van der Waals surface area contributed by atoms with Crippen molar-refractivity contribution in [3.8, 4) is 17.1 Å². The summed E-state index contributed by atoms with van der Waals surface area (Å²) >= 11 is 5.77. The number of halogens is 2. The molecule has 0 aliphatic rings. The van der Waals surface area contributed by atoms with Crippen LogP contribution >= 0.6 is 11.6 Å². The topological polar surface area (TPSA) is 81.2 Å². The van der Waals surface area contributed by atoms with Crippen LogP contribution in [0.15, 0.2) is 59.6 Å². The Morgan fingerprint density at radius 3 is 2.67 bits per heavy atom.